The Hall–Kier alpha value is -2.86. The fraction of sp³-hybridized carbons (Fsp3) is 0.238. The predicted octanol–water partition coefficient (Wildman–Crippen LogP) is 3.38. The third-order valence-electron chi connectivity index (χ3n) is 3.64. The van der Waals surface area contributed by atoms with Gasteiger partial charge >= 0.3 is 0 Å². The van der Waals surface area contributed by atoms with Crippen LogP contribution in [0.3, 0.4) is 0 Å². The van der Waals surface area contributed by atoms with Gasteiger partial charge in [-0.25, -0.2) is 0 Å². The lowest BCUT2D eigenvalue weighted by Crippen LogP contribution is -2.24. The molecule has 0 heterocycles. The summed E-state index contributed by atoms with van der Waals surface area (Å²) in [5.41, 5.74) is 2.77. The summed E-state index contributed by atoms with van der Waals surface area (Å²) >= 11 is 0. The van der Waals surface area contributed by atoms with Crippen molar-refractivity contribution in [2.24, 2.45) is 0 Å². The molecule has 2 aromatic carbocycles. The minimum atomic E-state index is -0.157. The molecule has 3 nitrogen and oxygen atoms in total. The fourth-order valence-electron chi connectivity index (χ4n) is 2.20. The average molecular weight is 319 g/mol. The molecule has 0 spiro atoms. The number of carbonyl (C=O) groups excluding carboxylic acids is 2. The van der Waals surface area contributed by atoms with Crippen LogP contribution in [0.1, 0.15) is 41.3 Å². The van der Waals surface area contributed by atoms with Gasteiger partial charge in [0.15, 0.2) is 5.78 Å². The first-order chi connectivity index (χ1) is 11.7. The minimum Gasteiger partial charge on any atom is -0.345 e. The lowest BCUT2D eigenvalue weighted by atomic mass is 10.0. The fourth-order valence-corrected chi connectivity index (χ4v) is 2.20. The molecule has 0 aliphatic carbocycles. The minimum absolute atomic E-state index is 0.0110. The van der Waals surface area contributed by atoms with Crippen molar-refractivity contribution < 1.29 is 9.59 Å². The number of nitrogens with one attached hydrogen (secondary N) is 1. The smallest absolute Gasteiger partial charge is 0.221 e. The number of Topliss-reactive ketones (excluding diaryl/α,β-unsaturated/α-hetero) is 1. The van der Waals surface area contributed by atoms with E-state index in [9.17, 15) is 9.59 Å². The largest absolute Gasteiger partial charge is 0.345 e. The number of amides is 1. The Labute approximate surface area is 143 Å². The van der Waals surface area contributed by atoms with Gasteiger partial charge in [0, 0.05) is 24.0 Å². The molecule has 0 atom stereocenters. The van der Waals surface area contributed by atoms with Crippen molar-refractivity contribution in [3.05, 3.63) is 71.3 Å². The van der Waals surface area contributed by atoms with Crippen LogP contribution in [0.25, 0.3) is 0 Å². The van der Waals surface area contributed by atoms with E-state index < -0.39 is 0 Å². The topological polar surface area (TPSA) is 46.2 Å². The molecule has 0 saturated carbocycles. The van der Waals surface area contributed by atoms with Crippen LogP contribution in [-0.4, -0.2) is 18.2 Å². The van der Waals surface area contributed by atoms with E-state index in [0.29, 0.717) is 5.56 Å². The summed E-state index contributed by atoms with van der Waals surface area (Å²) in [6, 6.07) is 17.1. The van der Waals surface area contributed by atoms with Crippen molar-refractivity contribution in [1.29, 1.82) is 0 Å². The molecule has 0 aliphatic heterocycles. The number of hydrogen-bond acceptors (Lipinski definition) is 2. The second-order valence-electron chi connectivity index (χ2n) is 5.42. The van der Waals surface area contributed by atoms with Crippen LogP contribution >= 0.6 is 0 Å². The van der Waals surface area contributed by atoms with E-state index in [-0.39, 0.29) is 31.1 Å². The lowest BCUT2D eigenvalue weighted by Gasteiger charge is -2.03. The molecule has 0 saturated heterocycles. The second-order valence-corrected chi connectivity index (χ2v) is 5.42. The molecule has 0 bridgehead atoms. The van der Waals surface area contributed by atoms with Crippen LogP contribution in [0.4, 0.5) is 0 Å². The summed E-state index contributed by atoms with van der Waals surface area (Å²) in [6.45, 7) is 2.36. The number of aryl methyl sites for hydroxylation is 1. The first-order valence-electron chi connectivity index (χ1n) is 8.12. The summed E-state index contributed by atoms with van der Waals surface area (Å²) < 4.78 is 0. The third-order valence-corrected chi connectivity index (χ3v) is 3.64. The number of rotatable bonds is 6. The molecule has 122 valence electrons. The molecule has 0 radical (unpaired) electrons. The van der Waals surface area contributed by atoms with Crippen LogP contribution in [0.2, 0.25) is 0 Å². The number of hydrogen-bond donors (Lipinski definition) is 1. The van der Waals surface area contributed by atoms with Crippen LogP contribution in [0, 0.1) is 11.8 Å². The Morgan fingerprint density at radius 3 is 2.33 bits per heavy atom. The number of benzene rings is 2. The van der Waals surface area contributed by atoms with Crippen molar-refractivity contribution in [3.63, 3.8) is 0 Å². The molecule has 3 heteroatoms. The van der Waals surface area contributed by atoms with Gasteiger partial charge in [-0.1, -0.05) is 61.2 Å². The van der Waals surface area contributed by atoms with Gasteiger partial charge in [0.25, 0.3) is 0 Å². The standard InChI is InChI=1S/C21H21NO2/c1-2-17-10-12-19(13-11-17)20(23)14-15-21(24)22-16-6-9-18-7-4-3-5-8-18/h3-5,7-8,10-13H,2,14-16H2,1H3,(H,22,24). The summed E-state index contributed by atoms with van der Waals surface area (Å²) in [6.07, 6.45) is 1.34. The van der Waals surface area contributed by atoms with Gasteiger partial charge in [-0.15, -0.1) is 0 Å². The zero-order valence-corrected chi connectivity index (χ0v) is 13.8. The van der Waals surface area contributed by atoms with Gasteiger partial charge in [0.1, 0.15) is 0 Å². The number of ketones is 1. The normalized spacial score (nSPS) is 9.71. The molecule has 0 unspecified atom stereocenters. The lowest BCUT2D eigenvalue weighted by molar-refractivity contribution is -0.120. The molecular formula is C21H21NO2. The highest BCUT2D eigenvalue weighted by Crippen LogP contribution is 2.08. The van der Waals surface area contributed by atoms with Crippen molar-refractivity contribution >= 4 is 11.7 Å². The van der Waals surface area contributed by atoms with E-state index in [2.05, 4.69) is 24.1 Å². The van der Waals surface area contributed by atoms with E-state index in [1.54, 1.807) is 0 Å². The molecule has 2 aromatic rings. The maximum Gasteiger partial charge on any atom is 0.221 e. The SMILES string of the molecule is CCc1ccc(C(=O)CCC(=O)NCC#Cc2ccccc2)cc1. The average Bonchev–Trinajstić information content (AvgIpc) is 2.64. The monoisotopic (exact) mass is 319 g/mol. The molecular weight excluding hydrogens is 298 g/mol. The maximum atomic E-state index is 12.1. The van der Waals surface area contributed by atoms with Crippen LogP contribution in [-0.2, 0) is 11.2 Å². The first-order valence-corrected chi connectivity index (χ1v) is 8.12. The van der Waals surface area contributed by atoms with Gasteiger partial charge in [0.05, 0.1) is 6.54 Å². The predicted molar refractivity (Wildman–Crippen MR) is 95.7 cm³/mol. The van der Waals surface area contributed by atoms with Gasteiger partial charge in [-0.05, 0) is 24.1 Å². The van der Waals surface area contributed by atoms with Crippen LogP contribution in [0.5, 0.6) is 0 Å². The first kappa shape index (κ1) is 17.5. The zero-order valence-electron chi connectivity index (χ0n) is 13.8. The van der Waals surface area contributed by atoms with Gasteiger partial charge in [0.2, 0.25) is 5.91 Å². The van der Waals surface area contributed by atoms with Crippen molar-refractivity contribution in [2.45, 2.75) is 26.2 Å². The third kappa shape index (κ3) is 5.73. The van der Waals surface area contributed by atoms with E-state index in [4.69, 9.17) is 0 Å². The Morgan fingerprint density at radius 1 is 0.958 bits per heavy atom. The highest BCUT2D eigenvalue weighted by molar-refractivity contribution is 5.97. The molecule has 0 aliphatic rings. The van der Waals surface area contributed by atoms with E-state index in [1.807, 2.05) is 54.6 Å². The molecule has 24 heavy (non-hydrogen) atoms. The quantitative estimate of drug-likeness (QED) is 0.655. The maximum absolute atomic E-state index is 12.1. The Bertz CT molecular complexity index is 737. The summed E-state index contributed by atoms with van der Waals surface area (Å²) in [4.78, 5) is 23.8. The van der Waals surface area contributed by atoms with Crippen molar-refractivity contribution in [2.75, 3.05) is 6.54 Å². The van der Waals surface area contributed by atoms with Gasteiger partial charge in [-0.3, -0.25) is 9.59 Å². The number of carbonyl (C=O) groups is 2. The highest BCUT2D eigenvalue weighted by atomic mass is 16.2. The Morgan fingerprint density at radius 2 is 1.67 bits per heavy atom. The zero-order chi connectivity index (χ0) is 17.2. The van der Waals surface area contributed by atoms with Crippen molar-refractivity contribution in [3.8, 4) is 11.8 Å². The molecule has 2 rings (SSSR count). The molecule has 1 amide bonds. The summed E-state index contributed by atoms with van der Waals surface area (Å²) in [7, 11) is 0. The van der Waals surface area contributed by atoms with Crippen molar-refractivity contribution in [1.82, 2.24) is 5.32 Å². The van der Waals surface area contributed by atoms with E-state index in [0.717, 1.165) is 12.0 Å². The summed E-state index contributed by atoms with van der Waals surface area (Å²) in [5, 5.41) is 2.71. The molecule has 0 fully saturated rings. The molecule has 1 N–H and O–H groups in total. The van der Waals surface area contributed by atoms with E-state index in [1.165, 1.54) is 5.56 Å². The van der Waals surface area contributed by atoms with Gasteiger partial charge < -0.3 is 5.32 Å². The Balaban J connectivity index is 1.72. The Kier molecular flexibility index (Phi) is 6.79. The van der Waals surface area contributed by atoms with Crippen LogP contribution in [0.15, 0.2) is 54.6 Å². The second kappa shape index (κ2) is 9.32. The summed E-state index contributed by atoms with van der Waals surface area (Å²) in [5.74, 6) is 5.70. The molecule has 0 aromatic heterocycles. The highest BCUT2D eigenvalue weighted by Gasteiger charge is 2.08. The van der Waals surface area contributed by atoms with E-state index >= 15 is 0 Å². The van der Waals surface area contributed by atoms with Crippen LogP contribution < -0.4 is 5.32 Å². The van der Waals surface area contributed by atoms with Gasteiger partial charge in [-0.2, -0.15) is 0 Å².